The first-order valence-corrected chi connectivity index (χ1v) is 7.71. The highest BCUT2D eigenvalue weighted by atomic mass is 35.5. The predicted molar refractivity (Wildman–Crippen MR) is 82.7 cm³/mol. The van der Waals surface area contributed by atoms with Crippen molar-refractivity contribution in [2.45, 2.75) is 39.3 Å². The molecule has 0 unspecified atom stereocenters. The Balaban J connectivity index is 2.25. The summed E-state index contributed by atoms with van der Waals surface area (Å²) in [6.45, 7) is 3.08. The molecule has 3 rings (SSSR count). The van der Waals surface area contributed by atoms with Crippen LogP contribution in [0.1, 0.15) is 24.8 Å². The van der Waals surface area contributed by atoms with Gasteiger partial charge in [-0.25, -0.2) is 9.07 Å². The van der Waals surface area contributed by atoms with Gasteiger partial charge in [0.2, 0.25) is 0 Å². The molecule has 3 nitrogen and oxygen atoms in total. The molecule has 0 bridgehead atoms. The average molecular weight is 329 g/mol. The maximum Gasteiger partial charge on any atom is 0.276 e. The first-order chi connectivity index (χ1) is 10.0. The third-order valence-electron chi connectivity index (χ3n) is 3.93. The fourth-order valence-electron chi connectivity index (χ4n) is 2.78. The molecule has 0 spiro atoms. The van der Waals surface area contributed by atoms with E-state index in [0.29, 0.717) is 23.3 Å². The Labute approximate surface area is 131 Å². The molecule has 2 aromatic rings. The first kappa shape index (κ1) is 14.7. The molecule has 1 aliphatic rings. The fourth-order valence-corrected chi connectivity index (χ4v) is 3.29. The Morgan fingerprint density at radius 2 is 1.76 bits per heavy atom. The Hall–Kier alpha value is -1.26. The molecule has 1 aliphatic heterocycles. The minimum atomic E-state index is -0.522. The molecule has 21 heavy (non-hydrogen) atoms. The maximum atomic E-state index is 14.2. The van der Waals surface area contributed by atoms with Gasteiger partial charge in [0.15, 0.2) is 0 Å². The van der Waals surface area contributed by atoms with Crippen LogP contribution in [0.5, 0.6) is 0 Å². The van der Waals surface area contributed by atoms with E-state index in [0.717, 1.165) is 24.8 Å². The largest absolute Gasteiger partial charge is 0.276 e. The lowest BCUT2D eigenvalue weighted by Gasteiger charge is -2.07. The molecule has 0 aliphatic carbocycles. The molecule has 0 radical (unpaired) electrons. The molecule has 2 heterocycles. The highest BCUT2D eigenvalue weighted by Gasteiger charge is 2.23. The summed E-state index contributed by atoms with van der Waals surface area (Å²) in [6.07, 6.45) is 2.96. The topological polar surface area (TPSA) is 26.9 Å². The molecule has 112 valence electrons. The van der Waals surface area contributed by atoms with Crippen LogP contribution in [-0.2, 0) is 13.1 Å². The Kier molecular flexibility index (Phi) is 3.84. The van der Waals surface area contributed by atoms with Gasteiger partial charge in [0.1, 0.15) is 11.0 Å². The number of halogens is 3. The normalized spacial score (nSPS) is 14.9. The number of hydrogen-bond acceptors (Lipinski definition) is 1. The van der Waals surface area contributed by atoms with Gasteiger partial charge in [0.05, 0.1) is 5.56 Å². The monoisotopic (exact) mass is 328 g/mol. The highest BCUT2D eigenvalue weighted by molar-refractivity contribution is 6.32. The zero-order valence-electron chi connectivity index (χ0n) is 11.6. The van der Waals surface area contributed by atoms with Crippen LogP contribution in [0.2, 0.25) is 10.2 Å². The van der Waals surface area contributed by atoms with Crippen LogP contribution in [-0.4, -0.2) is 9.36 Å². The number of nitrogens with zero attached hydrogens (tertiary/aromatic N) is 2. The Morgan fingerprint density at radius 3 is 2.48 bits per heavy atom. The van der Waals surface area contributed by atoms with E-state index in [9.17, 15) is 9.18 Å². The number of fused-ring (bicyclic) bond motifs is 1. The summed E-state index contributed by atoms with van der Waals surface area (Å²) in [6, 6.07) is 2.82. The van der Waals surface area contributed by atoms with Crippen molar-refractivity contribution in [3.05, 3.63) is 44.0 Å². The quantitative estimate of drug-likeness (QED) is 0.768. The Morgan fingerprint density at radius 1 is 1.10 bits per heavy atom. The van der Waals surface area contributed by atoms with Crippen LogP contribution in [0.4, 0.5) is 4.39 Å². The molecule has 0 atom stereocenters. The highest BCUT2D eigenvalue weighted by Crippen LogP contribution is 2.32. The van der Waals surface area contributed by atoms with Crippen molar-refractivity contribution >= 4 is 23.2 Å². The molecule has 0 amide bonds. The molecule has 1 aromatic heterocycles. The van der Waals surface area contributed by atoms with E-state index >= 15 is 0 Å². The van der Waals surface area contributed by atoms with Crippen molar-refractivity contribution in [1.29, 1.82) is 0 Å². The molecule has 6 heteroatoms. The van der Waals surface area contributed by atoms with Crippen molar-refractivity contribution in [2.24, 2.45) is 0 Å². The van der Waals surface area contributed by atoms with Gasteiger partial charge in [0, 0.05) is 23.7 Å². The summed E-state index contributed by atoms with van der Waals surface area (Å²) in [5.74, 6) is -0.522. The molecule has 0 saturated heterocycles. The zero-order valence-corrected chi connectivity index (χ0v) is 13.1. The van der Waals surface area contributed by atoms with E-state index in [1.165, 1.54) is 6.07 Å². The smallest absolute Gasteiger partial charge is 0.271 e. The maximum absolute atomic E-state index is 14.2. The van der Waals surface area contributed by atoms with Crippen molar-refractivity contribution in [2.75, 3.05) is 0 Å². The summed E-state index contributed by atoms with van der Waals surface area (Å²) in [5.41, 5.74) is 0.938. The summed E-state index contributed by atoms with van der Waals surface area (Å²) >= 11 is 12.3. The van der Waals surface area contributed by atoms with Crippen LogP contribution in [0.25, 0.3) is 11.1 Å². The average Bonchev–Trinajstić information content (AvgIpc) is 2.63. The summed E-state index contributed by atoms with van der Waals surface area (Å²) < 4.78 is 17.6. The van der Waals surface area contributed by atoms with Gasteiger partial charge < -0.3 is 0 Å². The van der Waals surface area contributed by atoms with Gasteiger partial charge in [0.25, 0.3) is 5.56 Å². The minimum absolute atomic E-state index is 0.222. The van der Waals surface area contributed by atoms with Gasteiger partial charge in [-0.1, -0.05) is 23.2 Å². The lowest BCUT2D eigenvalue weighted by atomic mass is 10.1. The van der Waals surface area contributed by atoms with Gasteiger partial charge in [-0.05, 0) is 43.9 Å². The summed E-state index contributed by atoms with van der Waals surface area (Å²) in [5, 5.41) is 0.649. The molecular weight excluding hydrogens is 314 g/mol. The second-order valence-electron chi connectivity index (χ2n) is 5.36. The Bertz CT molecular complexity index is 764. The second kappa shape index (κ2) is 5.50. The van der Waals surface area contributed by atoms with Crippen LogP contribution < -0.4 is 5.56 Å². The van der Waals surface area contributed by atoms with Crippen molar-refractivity contribution < 1.29 is 4.39 Å². The number of benzene rings is 1. The molecule has 0 fully saturated rings. The summed E-state index contributed by atoms with van der Waals surface area (Å²) in [4.78, 5) is 12.6. The van der Waals surface area contributed by atoms with E-state index in [4.69, 9.17) is 23.2 Å². The lowest BCUT2D eigenvalue weighted by Crippen LogP contribution is -2.22. The van der Waals surface area contributed by atoms with E-state index < -0.39 is 5.82 Å². The zero-order chi connectivity index (χ0) is 15.1. The third kappa shape index (κ3) is 2.40. The van der Waals surface area contributed by atoms with E-state index in [1.54, 1.807) is 22.4 Å². The van der Waals surface area contributed by atoms with Crippen molar-refractivity contribution in [3.63, 3.8) is 0 Å². The predicted octanol–water partition coefficient (Wildman–Crippen LogP) is 4.26. The van der Waals surface area contributed by atoms with Gasteiger partial charge in [-0.3, -0.25) is 9.48 Å². The molecular formula is C15H15Cl2FN2O. The third-order valence-corrected chi connectivity index (χ3v) is 4.72. The summed E-state index contributed by atoms with van der Waals surface area (Å²) in [7, 11) is 0. The van der Waals surface area contributed by atoms with E-state index in [-0.39, 0.29) is 16.7 Å². The number of aryl methyl sites for hydroxylation is 1. The van der Waals surface area contributed by atoms with Crippen LogP contribution in [0.15, 0.2) is 16.9 Å². The van der Waals surface area contributed by atoms with Gasteiger partial charge in [-0.2, -0.15) is 0 Å². The lowest BCUT2D eigenvalue weighted by molar-refractivity contribution is 0.477. The van der Waals surface area contributed by atoms with Crippen LogP contribution in [0.3, 0.4) is 0 Å². The molecule has 0 N–H and O–H groups in total. The van der Waals surface area contributed by atoms with E-state index in [2.05, 4.69) is 0 Å². The number of aromatic nitrogens is 2. The number of rotatable bonds is 1. The van der Waals surface area contributed by atoms with Gasteiger partial charge in [-0.15, -0.1) is 0 Å². The standard InChI is InChI=1S/C15H15Cl2FN2O/c1-9-7-10(12(18)8-11(9)16)13-14(17)19-5-3-2-4-6-20(19)15(13)21/h7-8H,2-6H2,1H3. The molecule has 0 saturated carbocycles. The number of hydrogen-bond donors (Lipinski definition) is 0. The fraction of sp³-hybridized carbons (Fsp3) is 0.400. The molecule has 1 aromatic carbocycles. The van der Waals surface area contributed by atoms with Crippen molar-refractivity contribution in [1.82, 2.24) is 9.36 Å². The van der Waals surface area contributed by atoms with Crippen molar-refractivity contribution in [3.8, 4) is 11.1 Å². The second-order valence-corrected chi connectivity index (χ2v) is 6.12. The SMILES string of the molecule is Cc1cc(-c2c(Cl)n3n(c2=O)CCCCC3)c(F)cc1Cl. The van der Waals surface area contributed by atoms with E-state index in [1.807, 2.05) is 0 Å². The van der Waals surface area contributed by atoms with Crippen LogP contribution in [0, 0.1) is 12.7 Å². The minimum Gasteiger partial charge on any atom is -0.271 e. The van der Waals surface area contributed by atoms with Crippen LogP contribution >= 0.6 is 23.2 Å². The van der Waals surface area contributed by atoms with Gasteiger partial charge >= 0.3 is 0 Å². The first-order valence-electron chi connectivity index (χ1n) is 6.96.